The third-order valence-electron chi connectivity index (χ3n) is 3.27. The summed E-state index contributed by atoms with van der Waals surface area (Å²) in [6.07, 6.45) is 2.49. The molecule has 0 spiro atoms. The summed E-state index contributed by atoms with van der Waals surface area (Å²) in [5.41, 5.74) is 1.16. The average Bonchev–Trinajstić information content (AvgIpc) is 2.23. The molecule has 0 N–H and O–H groups in total. The molecule has 0 aromatic heterocycles. The smallest absolute Gasteiger partial charge is 0.135 e. The minimum Gasteiger partial charge on any atom is -0.299 e. The van der Waals surface area contributed by atoms with E-state index in [0.29, 0.717) is 18.1 Å². The Labute approximate surface area is 89.3 Å². The number of carbonyl (C=O) groups is 1. The van der Waals surface area contributed by atoms with Crippen LogP contribution < -0.4 is 0 Å². The van der Waals surface area contributed by atoms with E-state index >= 15 is 0 Å². The number of carbonyl (C=O) groups excluding carboxylic acids is 1. The van der Waals surface area contributed by atoms with Crippen molar-refractivity contribution in [3.05, 3.63) is 35.6 Å². The van der Waals surface area contributed by atoms with Crippen LogP contribution in [0.5, 0.6) is 0 Å². The van der Waals surface area contributed by atoms with E-state index in [1.807, 2.05) is 19.1 Å². The highest BCUT2D eigenvalue weighted by atomic mass is 19.1. The third kappa shape index (κ3) is 2.25. The lowest BCUT2D eigenvalue weighted by molar-refractivity contribution is -0.124. The molecule has 15 heavy (non-hydrogen) atoms. The van der Waals surface area contributed by atoms with E-state index in [0.717, 1.165) is 18.4 Å². The zero-order valence-electron chi connectivity index (χ0n) is 8.87. The second kappa shape index (κ2) is 4.13. The van der Waals surface area contributed by atoms with Gasteiger partial charge in [-0.2, -0.15) is 0 Å². The van der Waals surface area contributed by atoms with Gasteiger partial charge in [0, 0.05) is 12.3 Å². The van der Waals surface area contributed by atoms with Crippen molar-refractivity contribution in [2.75, 3.05) is 0 Å². The van der Waals surface area contributed by atoms with Gasteiger partial charge in [0.05, 0.1) is 0 Å². The molecule has 0 amide bonds. The summed E-state index contributed by atoms with van der Waals surface area (Å²) >= 11 is 0. The van der Waals surface area contributed by atoms with E-state index in [1.54, 1.807) is 0 Å². The molecule has 0 radical (unpaired) electrons. The first-order valence-corrected chi connectivity index (χ1v) is 5.45. The van der Waals surface area contributed by atoms with Crippen LogP contribution in [0, 0.1) is 11.7 Å². The maximum absolute atomic E-state index is 12.7. The van der Waals surface area contributed by atoms with Crippen molar-refractivity contribution in [2.45, 2.75) is 32.1 Å². The Kier molecular flexibility index (Phi) is 2.85. The molecule has 1 saturated carbocycles. The Morgan fingerprint density at radius 1 is 1.27 bits per heavy atom. The Morgan fingerprint density at radius 2 is 1.93 bits per heavy atom. The first-order valence-electron chi connectivity index (χ1n) is 5.45. The molecule has 1 aromatic carbocycles. The number of benzene rings is 1. The number of hydrogen-bond donors (Lipinski definition) is 0. The van der Waals surface area contributed by atoms with E-state index in [2.05, 4.69) is 0 Å². The van der Waals surface area contributed by atoms with Crippen molar-refractivity contribution in [2.24, 2.45) is 5.92 Å². The quantitative estimate of drug-likeness (QED) is 0.689. The Hall–Kier alpha value is -1.18. The number of hydrogen-bond acceptors (Lipinski definition) is 1. The van der Waals surface area contributed by atoms with Gasteiger partial charge in [-0.15, -0.1) is 0 Å². The molecule has 2 heteroatoms. The van der Waals surface area contributed by atoms with Crippen molar-refractivity contribution in [1.29, 1.82) is 0 Å². The predicted octanol–water partition coefficient (Wildman–Crippen LogP) is 3.30. The molecule has 1 nitrogen and oxygen atoms in total. The van der Waals surface area contributed by atoms with Crippen LogP contribution in [-0.2, 0) is 4.79 Å². The van der Waals surface area contributed by atoms with Gasteiger partial charge in [0.15, 0.2) is 0 Å². The molecule has 1 aliphatic rings. The standard InChI is InChI=1S/C13H15FO/c1-9-8-11(4-7-13(9)15)10-2-5-12(14)6-3-10/h2-3,5-6,9,11H,4,7-8H2,1H3. The van der Waals surface area contributed by atoms with E-state index in [9.17, 15) is 9.18 Å². The summed E-state index contributed by atoms with van der Waals surface area (Å²) in [6.45, 7) is 1.98. The zero-order chi connectivity index (χ0) is 10.8. The van der Waals surface area contributed by atoms with Gasteiger partial charge in [-0.25, -0.2) is 4.39 Å². The molecular weight excluding hydrogens is 191 g/mol. The van der Waals surface area contributed by atoms with Crippen molar-refractivity contribution in [1.82, 2.24) is 0 Å². The average molecular weight is 206 g/mol. The van der Waals surface area contributed by atoms with Crippen LogP contribution in [0.2, 0.25) is 0 Å². The SMILES string of the molecule is CC1CC(c2ccc(F)cc2)CCC1=O. The Morgan fingerprint density at radius 3 is 2.53 bits per heavy atom. The van der Waals surface area contributed by atoms with Crippen LogP contribution in [0.25, 0.3) is 0 Å². The van der Waals surface area contributed by atoms with E-state index in [4.69, 9.17) is 0 Å². The molecule has 1 fully saturated rings. The normalized spacial score (nSPS) is 26.7. The molecule has 0 aliphatic heterocycles. The van der Waals surface area contributed by atoms with Crippen LogP contribution in [-0.4, -0.2) is 5.78 Å². The lowest BCUT2D eigenvalue weighted by Gasteiger charge is -2.26. The summed E-state index contributed by atoms with van der Waals surface area (Å²) in [7, 11) is 0. The van der Waals surface area contributed by atoms with Crippen molar-refractivity contribution >= 4 is 5.78 Å². The van der Waals surface area contributed by atoms with Gasteiger partial charge in [0.25, 0.3) is 0 Å². The molecule has 80 valence electrons. The fourth-order valence-electron chi connectivity index (χ4n) is 2.28. The van der Waals surface area contributed by atoms with Gasteiger partial charge in [-0.1, -0.05) is 19.1 Å². The zero-order valence-corrected chi connectivity index (χ0v) is 8.87. The largest absolute Gasteiger partial charge is 0.299 e. The summed E-state index contributed by atoms with van der Waals surface area (Å²) in [5.74, 6) is 0.763. The van der Waals surface area contributed by atoms with Crippen LogP contribution in [0.4, 0.5) is 4.39 Å². The second-order valence-electron chi connectivity index (χ2n) is 4.39. The van der Waals surface area contributed by atoms with Crippen molar-refractivity contribution < 1.29 is 9.18 Å². The van der Waals surface area contributed by atoms with Gasteiger partial charge >= 0.3 is 0 Å². The molecule has 0 bridgehead atoms. The van der Waals surface area contributed by atoms with Crippen LogP contribution in [0.1, 0.15) is 37.7 Å². The van der Waals surface area contributed by atoms with E-state index in [-0.39, 0.29) is 11.7 Å². The summed E-state index contributed by atoms with van der Waals surface area (Å²) in [6, 6.07) is 6.66. The van der Waals surface area contributed by atoms with Gasteiger partial charge < -0.3 is 0 Å². The van der Waals surface area contributed by atoms with E-state index in [1.165, 1.54) is 12.1 Å². The molecule has 2 unspecified atom stereocenters. The minimum atomic E-state index is -0.196. The Balaban J connectivity index is 2.12. The maximum Gasteiger partial charge on any atom is 0.135 e. The molecule has 1 aromatic rings. The summed E-state index contributed by atoms with van der Waals surface area (Å²) in [5, 5.41) is 0. The lowest BCUT2D eigenvalue weighted by atomic mass is 9.78. The fourth-order valence-corrected chi connectivity index (χ4v) is 2.28. The number of rotatable bonds is 1. The molecule has 2 rings (SSSR count). The van der Waals surface area contributed by atoms with Gasteiger partial charge in [-0.3, -0.25) is 4.79 Å². The highest BCUT2D eigenvalue weighted by Crippen LogP contribution is 2.34. The van der Waals surface area contributed by atoms with Crippen LogP contribution in [0.3, 0.4) is 0 Å². The van der Waals surface area contributed by atoms with Crippen LogP contribution in [0.15, 0.2) is 24.3 Å². The molecular formula is C13H15FO. The van der Waals surface area contributed by atoms with Crippen molar-refractivity contribution in [3.8, 4) is 0 Å². The number of ketones is 1. The number of halogens is 1. The topological polar surface area (TPSA) is 17.1 Å². The van der Waals surface area contributed by atoms with Gasteiger partial charge in [-0.05, 0) is 36.5 Å². The minimum absolute atomic E-state index is 0.161. The van der Waals surface area contributed by atoms with Crippen LogP contribution >= 0.6 is 0 Å². The fraction of sp³-hybridized carbons (Fsp3) is 0.462. The first kappa shape index (κ1) is 10.3. The van der Waals surface area contributed by atoms with E-state index < -0.39 is 0 Å². The molecule has 2 atom stereocenters. The molecule has 1 aliphatic carbocycles. The molecule has 0 saturated heterocycles. The van der Waals surface area contributed by atoms with Gasteiger partial charge in [0.1, 0.15) is 11.6 Å². The second-order valence-corrected chi connectivity index (χ2v) is 4.39. The summed E-state index contributed by atoms with van der Waals surface area (Å²) in [4.78, 5) is 11.4. The number of Topliss-reactive ketones (excluding diaryl/α,β-unsaturated/α-hetero) is 1. The molecule has 0 heterocycles. The highest BCUT2D eigenvalue weighted by molar-refractivity contribution is 5.81. The first-order chi connectivity index (χ1) is 7.16. The Bertz CT molecular complexity index is 355. The monoisotopic (exact) mass is 206 g/mol. The third-order valence-corrected chi connectivity index (χ3v) is 3.27. The van der Waals surface area contributed by atoms with Crippen molar-refractivity contribution in [3.63, 3.8) is 0 Å². The predicted molar refractivity (Wildman–Crippen MR) is 57.2 cm³/mol. The lowest BCUT2D eigenvalue weighted by Crippen LogP contribution is -2.21. The van der Waals surface area contributed by atoms with Gasteiger partial charge in [0.2, 0.25) is 0 Å². The highest BCUT2D eigenvalue weighted by Gasteiger charge is 2.26. The summed E-state index contributed by atoms with van der Waals surface area (Å²) < 4.78 is 12.7. The maximum atomic E-state index is 12.7.